The van der Waals surface area contributed by atoms with E-state index in [1.807, 2.05) is 6.92 Å². The second-order valence-electron chi connectivity index (χ2n) is 5.81. The van der Waals surface area contributed by atoms with Gasteiger partial charge in [-0.25, -0.2) is 0 Å². The molecule has 1 heterocycles. The molecule has 1 atom stereocenters. The van der Waals surface area contributed by atoms with Crippen LogP contribution in [0.4, 0.5) is 0 Å². The van der Waals surface area contributed by atoms with Gasteiger partial charge in [0.05, 0.1) is 11.7 Å². The lowest BCUT2D eigenvalue weighted by molar-refractivity contribution is -0.181. The minimum atomic E-state index is -0.331. The quantitative estimate of drug-likeness (QED) is 0.786. The lowest BCUT2D eigenvalue weighted by atomic mass is 9.78. The van der Waals surface area contributed by atoms with Gasteiger partial charge in [-0.15, -0.1) is 0 Å². The smallest absolute Gasteiger partial charge is 0.0986 e. The number of hydrogen-bond acceptors (Lipinski definition) is 3. The summed E-state index contributed by atoms with van der Waals surface area (Å²) in [5.74, 6) is 0.428. The Morgan fingerprint density at radius 1 is 1.17 bits per heavy atom. The van der Waals surface area contributed by atoms with Gasteiger partial charge in [0.1, 0.15) is 0 Å². The van der Waals surface area contributed by atoms with Gasteiger partial charge in [-0.1, -0.05) is 25.7 Å². The molecule has 3 heteroatoms. The molecule has 0 radical (unpaired) electrons. The van der Waals surface area contributed by atoms with E-state index in [0.717, 1.165) is 38.9 Å². The molecule has 2 aliphatic rings. The third kappa shape index (κ3) is 3.25. The summed E-state index contributed by atoms with van der Waals surface area (Å²) in [6.45, 7) is 4.16. The molecule has 0 aromatic carbocycles. The van der Waals surface area contributed by atoms with Crippen LogP contribution in [0, 0.1) is 5.92 Å². The van der Waals surface area contributed by atoms with E-state index < -0.39 is 0 Å². The van der Waals surface area contributed by atoms with Crippen molar-refractivity contribution in [3.8, 4) is 0 Å². The molecule has 106 valence electrons. The van der Waals surface area contributed by atoms with Gasteiger partial charge in [0.2, 0.25) is 0 Å². The Labute approximate surface area is 111 Å². The van der Waals surface area contributed by atoms with Crippen molar-refractivity contribution >= 4 is 0 Å². The first-order valence-electron chi connectivity index (χ1n) is 7.68. The van der Waals surface area contributed by atoms with Crippen LogP contribution in [0.2, 0.25) is 0 Å². The highest BCUT2D eigenvalue weighted by molar-refractivity contribution is 4.94. The van der Waals surface area contributed by atoms with Crippen molar-refractivity contribution < 1.29 is 14.6 Å². The number of ether oxygens (including phenoxy) is 2. The summed E-state index contributed by atoms with van der Waals surface area (Å²) in [7, 11) is 0. The third-order valence-electron chi connectivity index (χ3n) is 4.66. The summed E-state index contributed by atoms with van der Waals surface area (Å²) in [6, 6.07) is 0. The van der Waals surface area contributed by atoms with Crippen molar-refractivity contribution in [2.24, 2.45) is 5.92 Å². The van der Waals surface area contributed by atoms with Crippen LogP contribution in [-0.4, -0.2) is 36.6 Å². The molecular weight excluding hydrogens is 228 g/mol. The van der Waals surface area contributed by atoms with Gasteiger partial charge >= 0.3 is 0 Å². The first kappa shape index (κ1) is 14.3. The fourth-order valence-corrected chi connectivity index (χ4v) is 3.59. The summed E-state index contributed by atoms with van der Waals surface area (Å²) in [4.78, 5) is 0. The second-order valence-corrected chi connectivity index (χ2v) is 5.81. The van der Waals surface area contributed by atoms with Crippen LogP contribution in [0.3, 0.4) is 0 Å². The molecule has 0 aromatic heterocycles. The normalized spacial score (nSPS) is 27.7. The van der Waals surface area contributed by atoms with Crippen LogP contribution in [0.5, 0.6) is 0 Å². The molecule has 1 N–H and O–H groups in total. The van der Waals surface area contributed by atoms with Crippen LogP contribution < -0.4 is 0 Å². The average molecular weight is 256 g/mol. The van der Waals surface area contributed by atoms with Crippen LogP contribution in [0.25, 0.3) is 0 Å². The van der Waals surface area contributed by atoms with Gasteiger partial charge in [0.15, 0.2) is 0 Å². The molecule has 0 spiro atoms. The lowest BCUT2D eigenvalue weighted by Crippen LogP contribution is -2.52. The molecule has 3 nitrogen and oxygen atoms in total. The molecule has 1 saturated heterocycles. The predicted molar refractivity (Wildman–Crippen MR) is 71.6 cm³/mol. The Kier molecular flexibility index (Phi) is 5.46. The van der Waals surface area contributed by atoms with E-state index in [1.54, 1.807) is 0 Å². The van der Waals surface area contributed by atoms with Gasteiger partial charge in [-0.05, 0) is 25.7 Å². The topological polar surface area (TPSA) is 38.7 Å². The van der Waals surface area contributed by atoms with Gasteiger partial charge in [-0.2, -0.15) is 0 Å². The van der Waals surface area contributed by atoms with Crippen LogP contribution in [0.1, 0.15) is 58.3 Å². The maximum absolute atomic E-state index is 10.8. The summed E-state index contributed by atoms with van der Waals surface area (Å²) in [5.41, 5.74) is -0.331. The Morgan fingerprint density at radius 3 is 2.33 bits per heavy atom. The fraction of sp³-hybridized carbons (Fsp3) is 1.00. The number of hydrogen-bond donors (Lipinski definition) is 1. The highest BCUT2D eigenvalue weighted by Gasteiger charge is 2.43. The Hall–Kier alpha value is -0.120. The number of aliphatic hydroxyl groups is 1. The van der Waals surface area contributed by atoms with E-state index in [9.17, 15) is 5.11 Å². The van der Waals surface area contributed by atoms with Gasteiger partial charge < -0.3 is 14.6 Å². The van der Waals surface area contributed by atoms with Crippen molar-refractivity contribution in [2.45, 2.75) is 70.0 Å². The largest absolute Gasteiger partial charge is 0.390 e. The molecule has 2 rings (SSSR count). The second kappa shape index (κ2) is 6.88. The first-order valence-corrected chi connectivity index (χ1v) is 7.68. The molecule has 1 unspecified atom stereocenters. The van der Waals surface area contributed by atoms with E-state index in [0.29, 0.717) is 12.5 Å². The highest BCUT2D eigenvalue weighted by Crippen LogP contribution is 2.37. The summed E-state index contributed by atoms with van der Waals surface area (Å²) < 4.78 is 11.4. The number of rotatable bonds is 4. The standard InChI is InChI=1S/C15H28O3/c1-2-18-15(9-11-17-12-10-15)14(16)13-7-5-3-4-6-8-13/h13-14,16H,2-12H2,1H3. The Morgan fingerprint density at radius 2 is 1.78 bits per heavy atom. The van der Waals surface area contributed by atoms with Gasteiger partial charge in [-0.3, -0.25) is 0 Å². The van der Waals surface area contributed by atoms with E-state index >= 15 is 0 Å². The Balaban J connectivity index is 2.03. The van der Waals surface area contributed by atoms with E-state index in [1.165, 1.54) is 25.7 Å². The minimum absolute atomic E-state index is 0.306. The molecule has 1 aliphatic heterocycles. The van der Waals surface area contributed by atoms with Gasteiger partial charge in [0, 0.05) is 32.7 Å². The minimum Gasteiger partial charge on any atom is -0.390 e. The zero-order valence-electron chi connectivity index (χ0n) is 11.7. The van der Waals surface area contributed by atoms with Crippen molar-refractivity contribution in [2.75, 3.05) is 19.8 Å². The molecule has 0 amide bonds. The Bertz CT molecular complexity index is 222. The van der Waals surface area contributed by atoms with Crippen LogP contribution >= 0.6 is 0 Å². The van der Waals surface area contributed by atoms with Crippen molar-refractivity contribution in [1.29, 1.82) is 0 Å². The van der Waals surface area contributed by atoms with Crippen LogP contribution in [0.15, 0.2) is 0 Å². The summed E-state index contributed by atoms with van der Waals surface area (Å²) >= 11 is 0. The molecule has 0 bridgehead atoms. The van der Waals surface area contributed by atoms with Crippen molar-refractivity contribution in [3.05, 3.63) is 0 Å². The van der Waals surface area contributed by atoms with E-state index in [4.69, 9.17) is 9.47 Å². The van der Waals surface area contributed by atoms with Crippen molar-refractivity contribution in [1.82, 2.24) is 0 Å². The lowest BCUT2D eigenvalue weighted by Gasteiger charge is -2.43. The molecule has 1 aliphatic carbocycles. The highest BCUT2D eigenvalue weighted by atomic mass is 16.5. The summed E-state index contributed by atoms with van der Waals surface area (Å²) in [6.07, 6.45) is 8.90. The maximum Gasteiger partial charge on any atom is 0.0986 e. The average Bonchev–Trinajstić information content (AvgIpc) is 2.68. The number of aliphatic hydroxyl groups excluding tert-OH is 1. The molecule has 18 heavy (non-hydrogen) atoms. The zero-order chi connectivity index (χ0) is 12.8. The molecule has 0 aromatic rings. The van der Waals surface area contributed by atoms with Crippen LogP contribution in [-0.2, 0) is 9.47 Å². The van der Waals surface area contributed by atoms with E-state index in [-0.39, 0.29) is 11.7 Å². The fourth-order valence-electron chi connectivity index (χ4n) is 3.59. The molecule has 2 fully saturated rings. The zero-order valence-corrected chi connectivity index (χ0v) is 11.7. The molecular formula is C15H28O3. The third-order valence-corrected chi connectivity index (χ3v) is 4.66. The SMILES string of the molecule is CCOC1(C(O)C2CCCCCC2)CCOCC1. The summed E-state index contributed by atoms with van der Waals surface area (Å²) in [5, 5.41) is 10.8. The first-order chi connectivity index (χ1) is 8.78. The van der Waals surface area contributed by atoms with Gasteiger partial charge in [0.25, 0.3) is 0 Å². The monoisotopic (exact) mass is 256 g/mol. The predicted octanol–water partition coefficient (Wildman–Crippen LogP) is 2.90. The maximum atomic E-state index is 10.8. The molecule has 1 saturated carbocycles. The van der Waals surface area contributed by atoms with E-state index in [2.05, 4.69) is 0 Å². The van der Waals surface area contributed by atoms with Crippen molar-refractivity contribution in [3.63, 3.8) is 0 Å².